The third kappa shape index (κ3) is 3.88. The van der Waals surface area contributed by atoms with Gasteiger partial charge in [-0.3, -0.25) is 9.59 Å². The van der Waals surface area contributed by atoms with Gasteiger partial charge >= 0.3 is 5.92 Å². The number of amides is 1. The van der Waals surface area contributed by atoms with Crippen LogP contribution in [0.1, 0.15) is 41.4 Å². The molecule has 0 N–H and O–H groups in total. The molecule has 27 heavy (non-hydrogen) atoms. The normalized spacial score (nSPS) is 16.2. The number of halogens is 3. The molecule has 0 aliphatic carbocycles. The van der Waals surface area contributed by atoms with E-state index in [9.17, 15) is 9.59 Å². The number of piperidine rings is 1. The molecule has 1 amide bonds. The minimum absolute atomic E-state index is 0.00846. The molecule has 1 aliphatic rings. The predicted octanol–water partition coefficient (Wildman–Crippen LogP) is 3.69. The van der Waals surface area contributed by atoms with Gasteiger partial charge in [-0.05, 0) is 37.0 Å². The van der Waals surface area contributed by atoms with E-state index < -0.39 is 23.5 Å². The summed E-state index contributed by atoms with van der Waals surface area (Å²) < 4.78 is 32.1. The zero-order valence-electron chi connectivity index (χ0n) is 14.9. The lowest BCUT2D eigenvalue weighted by atomic mass is 9.87. The Morgan fingerprint density at radius 3 is 2.52 bits per heavy atom. The Kier molecular flexibility index (Phi) is 5.60. The number of imidazole rings is 1. The van der Waals surface area contributed by atoms with Crippen molar-refractivity contribution in [1.29, 1.82) is 0 Å². The van der Waals surface area contributed by atoms with Crippen molar-refractivity contribution in [3.05, 3.63) is 53.1 Å². The molecule has 1 aromatic heterocycles. The lowest BCUT2D eigenvalue weighted by Crippen LogP contribution is -2.50. The highest BCUT2D eigenvalue weighted by atomic mass is 35.5. The van der Waals surface area contributed by atoms with Crippen LogP contribution in [-0.2, 0) is 11.8 Å². The predicted molar refractivity (Wildman–Crippen MR) is 97.1 cm³/mol. The van der Waals surface area contributed by atoms with Crippen LogP contribution in [0.25, 0.3) is 0 Å². The van der Waals surface area contributed by atoms with E-state index >= 15 is 8.78 Å². The summed E-state index contributed by atoms with van der Waals surface area (Å²) in [6, 6.07) is 5.69. The molecule has 0 radical (unpaired) electrons. The first-order valence-corrected chi connectivity index (χ1v) is 9.14. The van der Waals surface area contributed by atoms with Gasteiger partial charge in [0.15, 0.2) is 5.82 Å². The fourth-order valence-electron chi connectivity index (χ4n) is 3.37. The summed E-state index contributed by atoms with van der Waals surface area (Å²) in [5, 5.41) is 0.214. The molecule has 2 heterocycles. The van der Waals surface area contributed by atoms with Crippen LogP contribution in [0.3, 0.4) is 0 Å². The van der Waals surface area contributed by atoms with Gasteiger partial charge in [0.2, 0.25) is 5.78 Å². The molecule has 8 heteroatoms. The van der Waals surface area contributed by atoms with E-state index in [1.54, 1.807) is 7.05 Å². The van der Waals surface area contributed by atoms with Gasteiger partial charge in [0.25, 0.3) is 5.91 Å². The second-order valence-electron chi connectivity index (χ2n) is 6.69. The van der Waals surface area contributed by atoms with Crippen molar-refractivity contribution in [3.63, 3.8) is 0 Å². The molecule has 2 aromatic rings. The molecule has 1 aromatic carbocycles. The van der Waals surface area contributed by atoms with Gasteiger partial charge in [0.1, 0.15) is 5.92 Å². The maximum atomic E-state index is 15.4. The number of aromatic nitrogens is 2. The van der Waals surface area contributed by atoms with Crippen LogP contribution in [0.4, 0.5) is 8.78 Å². The number of rotatable bonds is 5. The van der Waals surface area contributed by atoms with E-state index in [4.69, 9.17) is 11.6 Å². The lowest BCUT2D eigenvalue weighted by Gasteiger charge is -2.33. The molecule has 1 atom stereocenters. The molecule has 0 spiro atoms. The number of nitrogens with zero attached hydrogens (tertiary/aromatic N) is 3. The summed E-state index contributed by atoms with van der Waals surface area (Å²) >= 11 is 5.96. The molecule has 144 valence electrons. The van der Waals surface area contributed by atoms with Crippen LogP contribution in [-0.4, -0.2) is 45.2 Å². The van der Waals surface area contributed by atoms with Crippen LogP contribution in [0.5, 0.6) is 0 Å². The highest BCUT2D eigenvalue weighted by Crippen LogP contribution is 2.39. The number of hydrogen-bond donors (Lipinski definition) is 0. The lowest BCUT2D eigenvalue weighted by molar-refractivity contribution is -0.160. The van der Waals surface area contributed by atoms with Gasteiger partial charge in [0.05, 0.1) is 0 Å². The zero-order valence-corrected chi connectivity index (χ0v) is 15.6. The molecule has 1 saturated heterocycles. The standard InChI is InChI=1S/C19H20ClF2N3O2/c1-24-11-8-23-17(24)16(26)15(13-6-5-7-14(20)12-13)19(21,22)18(27)25-9-3-2-4-10-25/h5-8,11-12,15H,2-4,9-10H2,1H3/t15-/m1/s1. The van der Waals surface area contributed by atoms with Crippen molar-refractivity contribution in [2.75, 3.05) is 13.1 Å². The van der Waals surface area contributed by atoms with Crippen molar-refractivity contribution in [3.8, 4) is 0 Å². The number of benzene rings is 1. The van der Waals surface area contributed by atoms with Crippen molar-refractivity contribution < 1.29 is 18.4 Å². The quantitative estimate of drug-likeness (QED) is 0.725. The molecule has 1 fully saturated rings. The van der Waals surface area contributed by atoms with Gasteiger partial charge in [-0.25, -0.2) is 4.98 Å². The van der Waals surface area contributed by atoms with Crippen molar-refractivity contribution in [2.24, 2.45) is 7.05 Å². The average molecular weight is 396 g/mol. The second-order valence-corrected chi connectivity index (χ2v) is 7.13. The van der Waals surface area contributed by atoms with Gasteiger partial charge in [-0.1, -0.05) is 23.7 Å². The van der Waals surface area contributed by atoms with Gasteiger partial charge in [-0.2, -0.15) is 8.78 Å². The second kappa shape index (κ2) is 7.76. The van der Waals surface area contributed by atoms with E-state index in [1.165, 1.54) is 41.2 Å². The fourth-order valence-corrected chi connectivity index (χ4v) is 3.57. The van der Waals surface area contributed by atoms with Gasteiger partial charge < -0.3 is 9.47 Å². The Labute approximate surface area is 160 Å². The van der Waals surface area contributed by atoms with Crippen molar-refractivity contribution in [2.45, 2.75) is 31.1 Å². The Morgan fingerprint density at radius 1 is 1.22 bits per heavy atom. The third-order valence-electron chi connectivity index (χ3n) is 4.78. The van der Waals surface area contributed by atoms with Crippen LogP contribution in [0, 0.1) is 0 Å². The summed E-state index contributed by atoms with van der Waals surface area (Å²) in [6.45, 7) is 0.542. The van der Waals surface area contributed by atoms with E-state index in [-0.39, 0.29) is 29.5 Å². The Bertz CT molecular complexity index is 847. The summed E-state index contributed by atoms with van der Waals surface area (Å²) in [7, 11) is 1.54. The summed E-state index contributed by atoms with van der Waals surface area (Å²) in [6.07, 6.45) is 5.10. The minimum atomic E-state index is -3.91. The number of carbonyl (C=O) groups excluding carboxylic acids is 2. The van der Waals surface area contributed by atoms with Crippen LogP contribution < -0.4 is 0 Å². The number of aryl methyl sites for hydroxylation is 1. The van der Waals surface area contributed by atoms with E-state index in [1.807, 2.05) is 0 Å². The van der Waals surface area contributed by atoms with E-state index in [0.717, 1.165) is 11.3 Å². The smallest absolute Gasteiger partial charge is 0.337 e. The van der Waals surface area contributed by atoms with Crippen LogP contribution in [0.2, 0.25) is 5.02 Å². The number of ketones is 1. The highest BCUT2D eigenvalue weighted by Gasteiger charge is 2.54. The molecular formula is C19H20ClF2N3O2. The van der Waals surface area contributed by atoms with Crippen LogP contribution >= 0.6 is 11.6 Å². The first-order valence-electron chi connectivity index (χ1n) is 8.76. The Morgan fingerprint density at radius 2 is 1.93 bits per heavy atom. The first-order chi connectivity index (χ1) is 12.8. The highest BCUT2D eigenvalue weighted by molar-refractivity contribution is 6.30. The minimum Gasteiger partial charge on any atom is -0.337 e. The van der Waals surface area contributed by atoms with Gasteiger partial charge in [0, 0.05) is 37.6 Å². The largest absolute Gasteiger partial charge is 0.338 e. The summed E-state index contributed by atoms with van der Waals surface area (Å²) in [4.78, 5) is 30.7. The maximum Gasteiger partial charge on any atom is 0.338 e. The SMILES string of the molecule is Cn1ccnc1C(=O)[C@@H](c1cccc(Cl)c1)C(F)(F)C(=O)N1CCCCC1. The molecule has 0 bridgehead atoms. The Balaban J connectivity index is 2.04. The van der Waals surface area contributed by atoms with E-state index in [0.29, 0.717) is 12.8 Å². The average Bonchev–Trinajstić information content (AvgIpc) is 3.08. The number of carbonyl (C=O) groups is 2. The van der Waals surface area contributed by atoms with Gasteiger partial charge in [-0.15, -0.1) is 0 Å². The number of Topliss-reactive ketones (excluding diaryl/α,β-unsaturated/α-hetero) is 1. The third-order valence-corrected chi connectivity index (χ3v) is 5.01. The van der Waals surface area contributed by atoms with E-state index in [2.05, 4.69) is 4.98 Å². The summed E-state index contributed by atoms with van der Waals surface area (Å²) in [5.74, 6) is -8.28. The maximum absolute atomic E-state index is 15.4. The molecule has 5 nitrogen and oxygen atoms in total. The Hall–Kier alpha value is -2.28. The first kappa shape index (κ1) is 19.5. The van der Waals surface area contributed by atoms with Crippen molar-refractivity contribution in [1.82, 2.24) is 14.5 Å². The molecule has 0 saturated carbocycles. The van der Waals surface area contributed by atoms with Crippen molar-refractivity contribution >= 4 is 23.3 Å². The molecule has 0 unspecified atom stereocenters. The topological polar surface area (TPSA) is 55.2 Å². The molecular weight excluding hydrogens is 376 g/mol. The monoisotopic (exact) mass is 395 g/mol. The molecule has 3 rings (SSSR count). The van der Waals surface area contributed by atoms with Crippen LogP contribution in [0.15, 0.2) is 36.7 Å². The number of likely N-dealkylation sites (tertiary alicyclic amines) is 1. The number of alkyl halides is 2. The fraction of sp³-hybridized carbons (Fsp3) is 0.421. The zero-order chi connectivity index (χ0) is 19.6. The summed E-state index contributed by atoms with van der Waals surface area (Å²) in [5.41, 5.74) is -0.00846. The molecule has 1 aliphatic heterocycles. The number of hydrogen-bond acceptors (Lipinski definition) is 3.